The minimum Gasteiger partial charge on any atom is -0.480 e. The van der Waals surface area contributed by atoms with Crippen molar-refractivity contribution < 1.29 is 37.7 Å². The molecule has 0 radical (unpaired) electrons. The second kappa shape index (κ2) is 9.88. The van der Waals surface area contributed by atoms with Crippen molar-refractivity contribution >= 4 is 24.6 Å². The van der Waals surface area contributed by atoms with Gasteiger partial charge in [0.15, 0.2) is 11.9 Å². The Morgan fingerprint density at radius 1 is 1.32 bits per heavy atom. The van der Waals surface area contributed by atoms with E-state index in [-0.39, 0.29) is 5.75 Å². The third-order valence-corrected chi connectivity index (χ3v) is 7.69. The molecule has 200 valence electrons. The fourth-order valence-electron chi connectivity index (χ4n) is 4.00. The van der Waals surface area contributed by atoms with Crippen LogP contribution in [-0.2, 0) is 25.7 Å². The summed E-state index contributed by atoms with van der Waals surface area (Å²) in [6.07, 6.45) is -2.17. The van der Waals surface area contributed by atoms with Crippen LogP contribution in [0.5, 0.6) is 5.75 Å². The van der Waals surface area contributed by atoms with Crippen molar-refractivity contribution in [2.45, 2.75) is 44.0 Å². The Balaban J connectivity index is 1.59. The second-order valence-electron chi connectivity index (χ2n) is 8.83. The number of aliphatic hydroxyl groups excluding tert-OH is 1. The van der Waals surface area contributed by atoms with Crippen LogP contribution < -0.4 is 20.9 Å². The SMILES string of the molecule is C[C@H](NP(=O)(OC[C@H]1O[C@@H](n2ccc(=O)[nH]c2=O)[C@](C)(F)[C@@H]1O)Oc1cccc2c1ccn2C)C(=O)O. The van der Waals surface area contributed by atoms with Gasteiger partial charge in [0, 0.05) is 30.9 Å². The number of ether oxygens (including phenoxy) is 1. The van der Waals surface area contributed by atoms with Gasteiger partial charge < -0.3 is 24.0 Å². The van der Waals surface area contributed by atoms with Crippen molar-refractivity contribution in [3.05, 3.63) is 63.6 Å². The van der Waals surface area contributed by atoms with Gasteiger partial charge in [-0.05, 0) is 32.0 Å². The summed E-state index contributed by atoms with van der Waals surface area (Å²) in [5.41, 5.74) is -3.44. The third-order valence-electron chi connectivity index (χ3n) is 6.06. The molecular weight excluding hydrogens is 514 g/mol. The number of aromatic nitrogens is 3. The first-order valence-corrected chi connectivity index (χ1v) is 12.7. The van der Waals surface area contributed by atoms with Gasteiger partial charge in [-0.25, -0.2) is 13.8 Å². The molecule has 0 bridgehead atoms. The number of H-pyrrole nitrogens is 1. The Morgan fingerprint density at radius 3 is 2.73 bits per heavy atom. The minimum atomic E-state index is -4.44. The Labute approximate surface area is 209 Å². The second-order valence-corrected chi connectivity index (χ2v) is 10.5. The third kappa shape index (κ3) is 5.24. The number of fused-ring (bicyclic) bond motifs is 1. The van der Waals surface area contributed by atoms with E-state index in [2.05, 4.69) is 5.09 Å². The first-order chi connectivity index (χ1) is 17.3. The molecule has 0 saturated carbocycles. The van der Waals surface area contributed by atoms with E-state index in [1.165, 1.54) is 13.0 Å². The van der Waals surface area contributed by atoms with Gasteiger partial charge in [-0.15, -0.1) is 0 Å². The molecule has 1 fully saturated rings. The van der Waals surface area contributed by atoms with E-state index in [0.717, 1.165) is 29.3 Å². The smallest absolute Gasteiger partial charge is 0.459 e. The largest absolute Gasteiger partial charge is 0.480 e. The van der Waals surface area contributed by atoms with Crippen LogP contribution in [0.25, 0.3) is 10.9 Å². The molecule has 2 aromatic heterocycles. The highest BCUT2D eigenvalue weighted by Gasteiger charge is 2.55. The van der Waals surface area contributed by atoms with Crippen LogP contribution in [0.4, 0.5) is 4.39 Å². The summed E-state index contributed by atoms with van der Waals surface area (Å²) in [4.78, 5) is 36.9. The maximum absolute atomic E-state index is 15.5. The zero-order valence-electron chi connectivity index (χ0n) is 20.0. The molecule has 1 aromatic carbocycles. The van der Waals surface area contributed by atoms with Crippen LogP contribution in [0.2, 0.25) is 0 Å². The highest BCUT2D eigenvalue weighted by atomic mass is 31.2. The summed E-state index contributed by atoms with van der Waals surface area (Å²) in [7, 11) is -2.65. The van der Waals surface area contributed by atoms with Crippen LogP contribution in [0.3, 0.4) is 0 Å². The molecule has 4 N–H and O–H groups in total. The molecule has 13 nitrogen and oxygen atoms in total. The molecule has 0 spiro atoms. The van der Waals surface area contributed by atoms with Crippen molar-refractivity contribution in [2.24, 2.45) is 7.05 Å². The number of aromatic amines is 1. The molecule has 1 aliphatic heterocycles. The van der Waals surface area contributed by atoms with E-state index in [1.54, 1.807) is 36.0 Å². The predicted molar refractivity (Wildman–Crippen MR) is 128 cm³/mol. The van der Waals surface area contributed by atoms with Gasteiger partial charge in [0.25, 0.3) is 5.56 Å². The van der Waals surface area contributed by atoms with E-state index in [9.17, 15) is 29.2 Å². The minimum absolute atomic E-state index is 0.132. The van der Waals surface area contributed by atoms with Gasteiger partial charge in [-0.2, -0.15) is 5.09 Å². The molecule has 3 heterocycles. The summed E-state index contributed by atoms with van der Waals surface area (Å²) in [5, 5.41) is 22.8. The number of nitrogens with one attached hydrogen (secondary N) is 2. The van der Waals surface area contributed by atoms with Crippen LogP contribution in [0, 0.1) is 0 Å². The fraction of sp³-hybridized carbons (Fsp3) is 0.409. The van der Waals surface area contributed by atoms with E-state index in [0.29, 0.717) is 5.39 Å². The van der Waals surface area contributed by atoms with E-state index >= 15 is 4.39 Å². The standard InChI is InChI=1S/C22H26FN4O9P/c1-12(19(30)31)25-37(33,36-15-6-4-5-14-13(15)7-9-26(14)3)34-11-16-18(29)22(2,23)20(35-16)27-10-8-17(28)24-21(27)32/h4-10,12,16,18,20,29H,11H2,1-3H3,(H,25,33)(H,30,31)(H,24,28,32)/t12-,16+,18+,20+,22+,37?/m0/s1. The van der Waals surface area contributed by atoms with Gasteiger partial charge in [0.05, 0.1) is 12.1 Å². The maximum atomic E-state index is 15.5. The van der Waals surface area contributed by atoms with Gasteiger partial charge >= 0.3 is 19.4 Å². The molecule has 37 heavy (non-hydrogen) atoms. The predicted octanol–water partition coefficient (Wildman–Crippen LogP) is 1.28. The summed E-state index contributed by atoms with van der Waals surface area (Å²) in [6.45, 7) is 1.52. The number of hydrogen-bond acceptors (Lipinski definition) is 8. The van der Waals surface area contributed by atoms with Crippen molar-refractivity contribution in [3.63, 3.8) is 0 Å². The highest BCUT2D eigenvalue weighted by Crippen LogP contribution is 2.48. The number of alkyl halides is 1. The first kappa shape index (κ1) is 26.8. The molecule has 15 heteroatoms. The lowest BCUT2D eigenvalue weighted by atomic mass is 9.98. The molecular formula is C22H26FN4O9P. The van der Waals surface area contributed by atoms with Gasteiger partial charge in [0.2, 0.25) is 0 Å². The highest BCUT2D eigenvalue weighted by molar-refractivity contribution is 7.52. The summed E-state index contributed by atoms with van der Waals surface area (Å²) in [6, 6.07) is 6.29. The topological polar surface area (TPSA) is 174 Å². The zero-order chi connectivity index (χ0) is 27.1. The quantitative estimate of drug-likeness (QED) is 0.290. The number of halogens is 1. The van der Waals surface area contributed by atoms with Crippen molar-refractivity contribution in [1.29, 1.82) is 0 Å². The molecule has 6 atom stereocenters. The summed E-state index contributed by atoms with van der Waals surface area (Å²) < 4.78 is 48.3. The lowest BCUT2D eigenvalue weighted by Crippen LogP contribution is -2.43. The van der Waals surface area contributed by atoms with Crippen LogP contribution in [0.1, 0.15) is 20.1 Å². The lowest BCUT2D eigenvalue weighted by molar-refractivity contribution is -0.138. The summed E-state index contributed by atoms with van der Waals surface area (Å²) >= 11 is 0. The number of nitrogens with zero attached hydrogens (tertiary/aromatic N) is 2. The molecule has 3 aromatic rings. The molecule has 1 unspecified atom stereocenters. The van der Waals surface area contributed by atoms with Gasteiger partial charge in [-0.1, -0.05) is 6.07 Å². The van der Waals surface area contributed by atoms with Gasteiger partial charge in [-0.3, -0.25) is 23.7 Å². The van der Waals surface area contributed by atoms with E-state index in [4.69, 9.17) is 13.8 Å². The van der Waals surface area contributed by atoms with E-state index in [1.807, 2.05) is 4.98 Å². The number of aliphatic carboxylic acids is 1. The molecule has 0 amide bonds. The Morgan fingerprint density at radius 2 is 2.05 bits per heavy atom. The number of rotatable bonds is 9. The van der Waals surface area contributed by atoms with Gasteiger partial charge in [0.1, 0.15) is 24.0 Å². The Bertz CT molecular complexity index is 1480. The van der Waals surface area contributed by atoms with E-state index < -0.39 is 61.7 Å². The molecule has 4 rings (SSSR count). The zero-order valence-corrected chi connectivity index (χ0v) is 20.9. The Hall–Kier alpha value is -3.29. The summed E-state index contributed by atoms with van der Waals surface area (Å²) in [5.74, 6) is -1.20. The molecule has 0 aliphatic carbocycles. The Kier molecular flexibility index (Phi) is 7.14. The normalized spacial score (nSPS) is 26.1. The number of aryl methyl sites for hydroxylation is 1. The lowest BCUT2D eigenvalue weighted by Gasteiger charge is -2.25. The molecule has 1 aliphatic rings. The monoisotopic (exact) mass is 540 g/mol. The first-order valence-electron chi connectivity index (χ1n) is 11.1. The number of carboxylic acid groups (broad SMARTS) is 1. The number of carboxylic acids is 1. The maximum Gasteiger partial charge on any atom is 0.459 e. The van der Waals surface area contributed by atoms with Crippen LogP contribution in [-0.4, -0.2) is 60.8 Å². The number of aliphatic hydroxyl groups is 1. The average molecular weight is 540 g/mol. The number of hydrogen-bond donors (Lipinski definition) is 4. The van der Waals surface area contributed by atoms with Crippen molar-refractivity contribution in [3.8, 4) is 5.75 Å². The average Bonchev–Trinajstić information content (AvgIpc) is 3.30. The number of carbonyl (C=O) groups is 1. The molecule has 1 saturated heterocycles. The van der Waals surface area contributed by atoms with Crippen molar-refractivity contribution in [2.75, 3.05) is 6.61 Å². The van der Waals surface area contributed by atoms with Crippen LogP contribution in [0.15, 0.2) is 52.3 Å². The van der Waals surface area contributed by atoms with Crippen molar-refractivity contribution in [1.82, 2.24) is 19.2 Å². The fourth-order valence-corrected chi connectivity index (χ4v) is 5.53. The van der Waals surface area contributed by atoms with Crippen LogP contribution >= 0.6 is 7.75 Å². The number of benzene rings is 1.